The second-order valence-corrected chi connectivity index (χ2v) is 10.9. The van der Waals surface area contributed by atoms with Gasteiger partial charge in [0, 0.05) is 37.8 Å². The summed E-state index contributed by atoms with van der Waals surface area (Å²) in [5.74, 6) is -0.120. The molecule has 3 aromatic rings. The first-order chi connectivity index (χ1) is 16.9. The third-order valence-corrected chi connectivity index (χ3v) is 7.94. The molecular weight excluding hydrogens is 458 g/mol. The number of hydrogen-bond acceptors (Lipinski definition) is 4. The van der Waals surface area contributed by atoms with Gasteiger partial charge in [-0.05, 0) is 55.2 Å². The van der Waals surface area contributed by atoms with Crippen molar-refractivity contribution in [2.24, 2.45) is 0 Å². The van der Waals surface area contributed by atoms with E-state index in [1.54, 1.807) is 48.5 Å². The summed E-state index contributed by atoms with van der Waals surface area (Å²) < 4.78 is 27.6. The van der Waals surface area contributed by atoms with Crippen molar-refractivity contribution in [1.29, 1.82) is 0 Å². The zero-order valence-electron chi connectivity index (χ0n) is 20.1. The van der Waals surface area contributed by atoms with Gasteiger partial charge in [-0.25, -0.2) is 13.1 Å². The summed E-state index contributed by atoms with van der Waals surface area (Å²) in [6.45, 7) is 4.36. The van der Waals surface area contributed by atoms with Crippen molar-refractivity contribution in [3.05, 3.63) is 101 Å². The normalized spacial score (nSPS) is 14.0. The second-order valence-electron chi connectivity index (χ2n) is 9.13. The van der Waals surface area contributed by atoms with Crippen LogP contribution < -0.4 is 10.0 Å². The first-order valence-corrected chi connectivity index (χ1v) is 13.6. The fourth-order valence-electron chi connectivity index (χ4n) is 4.13. The van der Waals surface area contributed by atoms with Crippen LogP contribution in [0.1, 0.15) is 46.3 Å². The van der Waals surface area contributed by atoms with Gasteiger partial charge in [-0.15, -0.1) is 0 Å². The van der Waals surface area contributed by atoms with Crippen LogP contribution >= 0.6 is 0 Å². The highest BCUT2D eigenvalue weighted by Crippen LogP contribution is 2.26. The first-order valence-electron chi connectivity index (χ1n) is 12.1. The SMILES string of the molecule is Cc1ccc(S(=O)(=O)NCc2ccc(C(=O)NCCN(Cc3ccccc3)C3CCC3)cc2)cc1. The number of amides is 1. The van der Waals surface area contributed by atoms with Crippen molar-refractivity contribution >= 4 is 15.9 Å². The molecule has 35 heavy (non-hydrogen) atoms. The number of rotatable bonds is 11. The largest absolute Gasteiger partial charge is 0.351 e. The van der Waals surface area contributed by atoms with Crippen LogP contribution in [0.15, 0.2) is 83.8 Å². The van der Waals surface area contributed by atoms with Gasteiger partial charge in [0.05, 0.1) is 4.90 Å². The second kappa shape index (κ2) is 11.6. The van der Waals surface area contributed by atoms with Crippen molar-refractivity contribution in [3.63, 3.8) is 0 Å². The minimum atomic E-state index is -3.58. The Balaban J connectivity index is 1.26. The van der Waals surface area contributed by atoms with E-state index in [0.29, 0.717) is 18.2 Å². The Morgan fingerprint density at radius 2 is 1.60 bits per heavy atom. The third kappa shape index (κ3) is 7.01. The molecule has 0 heterocycles. The van der Waals surface area contributed by atoms with Gasteiger partial charge in [-0.1, -0.05) is 66.6 Å². The van der Waals surface area contributed by atoms with Crippen molar-refractivity contribution < 1.29 is 13.2 Å². The standard InChI is InChI=1S/C28H33N3O3S/c1-22-10-16-27(17-11-22)35(33,34)30-20-23-12-14-25(15-13-23)28(32)29-18-19-31(26-8-5-9-26)21-24-6-3-2-4-7-24/h2-4,6-7,10-17,26,30H,5,8-9,18-21H2,1H3,(H,29,32). The predicted molar refractivity (Wildman–Crippen MR) is 138 cm³/mol. The summed E-state index contributed by atoms with van der Waals surface area (Å²) >= 11 is 0. The van der Waals surface area contributed by atoms with Crippen LogP contribution in [0.25, 0.3) is 0 Å². The van der Waals surface area contributed by atoms with E-state index in [0.717, 1.165) is 24.2 Å². The van der Waals surface area contributed by atoms with Crippen LogP contribution in [0.2, 0.25) is 0 Å². The quantitative estimate of drug-likeness (QED) is 0.420. The third-order valence-electron chi connectivity index (χ3n) is 6.52. The van der Waals surface area contributed by atoms with Crippen LogP contribution in [0.5, 0.6) is 0 Å². The number of sulfonamides is 1. The van der Waals surface area contributed by atoms with Gasteiger partial charge in [-0.3, -0.25) is 9.69 Å². The van der Waals surface area contributed by atoms with E-state index in [2.05, 4.69) is 39.2 Å². The predicted octanol–water partition coefficient (Wildman–Crippen LogP) is 4.26. The van der Waals surface area contributed by atoms with Gasteiger partial charge in [0.2, 0.25) is 10.0 Å². The van der Waals surface area contributed by atoms with Gasteiger partial charge in [0.1, 0.15) is 0 Å². The highest BCUT2D eigenvalue weighted by atomic mass is 32.2. The Hall–Kier alpha value is -3.00. The van der Waals surface area contributed by atoms with E-state index < -0.39 is 10.0 Å². The molecule has 3 aromatic carbocycles. The molecule has 0 bridgehead atoms. The zero-order chi connectivity index (χ0) is 24.7. The molecule has 184 valence electrons. The van der Waals surface area contributed by atoms with Crippen LogP contribution in [0, 0.1) is 6.92 Å². The molecule has 0 radical (unpaired) electrons. The van der Waals surface area contributed by atoms with Gasteiger partial charge >= 0.3 is 0 Å². The number of hydrogen-bond donors (Lipinski definition) is 2. The molecule has 0 aliphatic heterocycles. The van der Waals surface area contributed by atoms with Crippen molar-refractivity contribution in [1.82, 2.24) is 14.9 Å². The number of carbonyl (C=O) groups excluding carboxylic acids is 1. The van der Waals surface area contributed by atoms with E-state index in [4.69, 9.17) is 0 Å². The summed E-state index contributed by atoms with van der Waals surface area (Å²) in [7, 11) is -3.58. The summed E-state index contributed by atoms with van der Waals surface area (Å²) in [4.78, 5) is 15.3. The first kappa shape index (κ1) is 25.1. The Labute approximate surface area is 208 Å². The van der Waals surface area contributed by atoms with Crippen LogP contribution in [0.3, 0.4) is 0 Å². The molecule has 4 rings (SSSR count). The van der Waals surface area contributed by atoms with E-state index in [1.807, 2.05) is 13.0 Å². The lowest BCUT2D eigenvalue weighted by atomic mass is 9.91. The molecule has 0 spiro atoms. The number of aryl methyl sites for hydroxylation is 1. The highest BCUT2D eigenvalue weighted by molar-refractivity contribution is 7.89. The molecule has 0 aromatic heterocycles. The van der Waals surface area contributed by atoms with Crippen LogP contribution in [-0.4, -0.2) is 38.4 Å². The highest BCUT2D eigenvalue weighted by Gasteiger charge is 2.24. The molecule has 0 unspecified atom stereocenters. The lowest BCUT2D eigenvalue weighted by molar-refractivity contribution is 0.0919. The Morgan fingerprint density at radius 3 is 2.23 bits per heavy atom. The van der Waals surface area contributed by atoms with E-state index in [1.165, 1.54) is 24.8 Å². The topological polar surface area (TPSA) is 78.5 Å². The molecule has 1 aliphatic rings. The summed E-state index contributed by atoms with van der Waals surface area (Å²) in [5, 5.41) is 3.03. The Morgan fingerprint density at radius 1 is 0.914 bits per heavy atom. The lowest BCUT2D eigenvalue weighted by Crippen LogP contribution is -2.43. The fourth-order valence-corrected chi connectivity index (χ4v) is 5.15. The number of carbonyl (C=O) groups is 1. The monoisotopic (exact) mass is 491 g/mol. The average molecular weight is 492 g/mol. The summed E-state index contributed by atoms with van der Waals surface area (Å²) in [5.41, 5.74) is 3.65. The molecule has 1 aliphatic carbocycles. The van der Waals surface area contributed by atoms with E-state index in [9.17, 15) is 13.2 Å². The Kier molecular flexibility index (Phi) is 8.33. The minimum absolute atomic E-state index is 0.120. The molecule has 7 heteroatoms. The van der Waals surface area contributed by atoms with Crippen LogP contribution in [0.4, 0.5) is 0 Å². The van der Waals surface area contributed by atoms with Gasteiger partial charge in [-0.2, -0.15) is 0 Å². The van der Waals surface area contributed by atoms with Crippen molar-refractivity contribution in [2.45, 2.75) is 50.2 Å². The molecule has 1 fully saturated rings. The van der Waals surface area contributed by atoms with Crippen molar-refractivity contribution in [2.75, 3.05) is 13.1 Å². The zero-order valence-corrected chi connectivity index (χ0v) is 20.9. The maximum absolute atomic E-state index is 12.6. The van der Waals surface area contributed by atoms with Crippen molar-refractivity contribution in [3.8, 4) is 0 Å². The van der Waals surface area contributed by atoms with Crippen LogP contribution in [-0.2, 0) is 23.1 Å². The van der Waals surface area contributed by atoms with Gasteiger partial charge in [0.25, 0.3) is 5.91 Å². The lowest BCUT2D eigenvalue weighted by Gasteiger charge is -2.37. The van der Waals surface area contributed by atoms with E-state index >= 15 is 0 Å². The molecular formula is C28H33N3O3S. The molecule has 0 atom stereocenters. The molecule has 0 saturated heterocycles. The summed E-state index contributed by atoms with van der Waals surface area (Å²) in [6.07, 6.45) is 3.71. The van der Waals surface area contributed by atoms with Gasteiger partial charge < -0.3 is 5.32 Å². The molecule has 2 N–H and O–H groups in total. The number of nitrogens with zero attached hydrogens (tertiary/aromatic N) is 1. The molecule has 1 amide bonds. The number of benzene rings is 3. The minimum Gasteiger partial charge on any atom is -0.351 e. The summed E-state index contributed by atoms with van der Waals surface area (Å²) in [6, 6.07) is 24.8. The average Bonchev–Trinajstić information content (AvgIpc) is 2.83. The number of nitrogens with one attached hydrogen (secondary N) is 2. The molecule has 6 nitrogen and oxygen atoms in total. The smallest absolute Gasteiger partial charge is 0.251 e. The maximum atomic E-state index is 12.6. The fraction of sp³-hybridized carbons (Fsp3) is 0.321. The van der Waals surface area contributed by atoms with E-state index in [-0.39, 0.29) is 17.3 Å². The van der Waals surface area contributed by atoms with Gasteiger partial charge in [0.15, 0.2) is 0 Å². The Bertz CT molecular complexity index is 1210. The maximum Gasteiger partial charge on any atom is 0.251 e. The molecule has 1 saturated carbocycles.